The van der Waals surface area contributed by atoms with Crippen LogP contribution in [0.25, 0.3) is 0 Å². The topological polar surface area (TPSA) is 61.0 Å². The highest BCUT2D eigenvalue weighted by molar-refractivity contribution is 7.99. The molecule has 82 valence electrons. The Morgan fingerprint density at radius 2 is 1.94 bits per heavy atom. The fraction of sp³-hybridized carbons (Fsp3) is 0.0909. The Labute approximate surface area is 97.9 Å². The van der Waals surface area contributed by atoms with E-state index in [1.54, 1.807) is 19.4 Å². The molecule has 0 bridgehead atoms. The molecule has 2 aromatic rings. The summed E-state index contributed by atoms with van der Waals surface area (Å²) < 4.78 is 5.08. The first-order valence-electron chi connectivity index (χ1n) is 4.68. The first kappa shape index (κ1) is 10.8. The van der Waals surface area contributed by atoms with Gasteiger partial charge in [0.15, 0.2) is 5.16 Å². The molecule has 2 rings (SSSR count). The summed E-state index contributed by atoms with van der Waals surface area (Å²) in [5, 5.41) is 0.644. The molecule has 0 aliphatic rings. The molecule has 0 saturated carbocycles. The highest BCUT2D eigenvalue weighted by Gasteiger charge is 2.00. The number of hydrogen-bond acceptors (Lipinski definition) is 5. The number of benzene rings is 1. The van der Waals surface area contributed by atoms with Gasteiger partial charge in [-0.15, -0.1) is 0 Å². The molecule has 1 aromatic carbocycles. The highest BCUT2D eigenvalue weighted by atomic mass is 32.2. The molecule has 0 saturated heterocycles. The summed E-state index contributed by atoms with van der Waals surface area (Å²) >= 11 is 1.46. The van der Waals surface area contributed by atoms with Crippen molar-refractivity contribution in [2.75, 3.05) is 12.8 Å². The van der Waals surface area contributed by atoms with Crippen molar-refractivity contribution in [2.24, 2.45) is 0 Å². The zero-order valence-electron chi connectivity index (χ0n) is 8.75. The summed E-state index contributed by atoms with van der Waals surface area (Å²) in [5.41, 5.74) is 5.57. The van der Waals surface area contributed by atoms with Crippen LogP contribution >= 0.6 is 11.8 Å². The molecule has 5 heteroatoms. The van der Waals surface area contributed by atoms with Crippen LogP contribution in [0.15, 0.2) is 46.6 Å². The number of aromatic nitrogens is 2. The lowest BCUT2D eigenvalue weighted by Crippen LogP contribution is -1.92. The van der Waals surface area contributed by atoms with Gasteiger partial charge in [0.2, 0.25) is 0 Å². The fourth-order valence-corrected chi connectivity index (χ4v) is 1.90. The number of nitrogen functional groups attached to an aromatic ring is 1. The maximum absolute atomic E-state index is 5.57. The van der Waals surface area contributed by atoms with E-state index >= 15 is 0 Å². The first-order chi connectivity index (χ1) is 7.78. The second kappa shape index (κ2) is 4.85. The van der Waals surface area contributed by atoms with Gasteiger partial charge in [-0.3, -0.25) is 0 Å². The van der Waals surface area contributed by atoms with Crippen molar-refractivity contribution in [2.45, 2.75) is 10.1 Å². The first-order valence-corrected chi connectivity index (χ1v) is 5.50. The van der Waals surface area contributed by atoms with Crippen molar-refractivity contribution in [1.29, 1.82) is 0 Å². The molecule has 0 atom stereocenters. The van der Waals surface area contributed by atoms with E-state index in [1.165, 1.54) is 11.8 Å². The molecule has 1 aromatic heterocycles. The van der Waals surface area contributed by atoms with Crippen LogP contribution in [0.1, 0.15) is 0 Å². The average molecular weight is 233 g/mol. The van der Waals surface area contributed by atoms with Gasteiger partial charge in [0.25, 0.3) is 0 Å². The maximum atomic E-state index is 5.57. The minimum Gasteiger partial charge on any atom is -0.497 e. The van der Waals surface area contributed by atoms with E-state index in [2.05, 4.69) is 9.97 Å². The molecule has 1 heterocycles. The lowest BCUT2D eigenvalue weighted by molar-refractivity contribution is 0.414. The van der Waals surface area contributed by atoms with Gasteiger partial charge >= 0.3 is 0 Å². The monoisotopic (exact) mass is 233 g/mol. The van der Waals surface area contributed by atoms with E-state index in [0.717, 1.165) is 10.6 Å². The van der Waals surface area contributed by atoms with E-state index in [4.69, 9.17) is 10.5 Å². The maximum Gasteiger partial charge on any atom is 0.194 e. The summed E-state index contributed by atoms with van der Waals surface area (Å²) in [6.07, 6.45) is 1.65. The average Bonchev–Trinajstić information content (AvgIpc) is 2.30. The van der Waals surface area contributed by atoms with Gasteiger partial charge in [-0.2, -0.15) is 0 Å². The molecule has 0 unspecified atom stereocenters. The van der Waals surface area contributed by atoms with Crippen molar-refractivity contribution in [3.63, 3.8) is 0 Å². The third-order valence-corrected chi connectivity index (χ3v) is 2.81. The summed E-state index contributed by atoms with van der Waals surface area (Å²) in [4.78, 5) is 9.28. The van der Waals surface area contributed by atoms with Crippen LogP contribution in [0.3, 0.4) is 0 Å². The van der Waals surface area contributed by atoms with E-state index in [-0.39, 0.29) is 0 Å². The highest BCUT2D eigenvalue weighted by Crippen LogP contribution is 2.26. The van der Waals surface area contributed by atoms with Gasteiger partial charge in [0, 0.05) is 11.1 Å². The van der Waals surface area contributed by atoms with Crippen LogP contribution in [0.2, 0.25) is 0 Å². The van der Waals surface area contributed by atoms with Gasteiger partial charge in [-0.25, -0.2) is 9.97 Å². The molecular formula is C11H11N3OS. The predicted octanol–water partition coefficient (Wildman–Crippen LogP) is 2.22. The number of nitrogens with zero attached hydrogens (tertiary/aromatic N) is 2. The van der Waals surface area contributed by atoms with E-state index in [1.807, 2.05) is 24.3 Å². The number of nitrogens with two attached hydrogens (primary N) is 1. The van der Waals surface area contributed by atoms with Gasteiger partial charge in [0.05, 0.1) is 7.11 Å². The number of anilines is 1. The second-order valence-corrected chi connectivity index (χ2v) is 4.08. The third-order valence-electron chi connectivity index (χ3n) is 1.92. The molecule has 2 N–H and O–H groups in total. The standard InChI is InChI=1S/C11H11N3OS/c1-15-8-2-4-9(5-3-8)16-11-13-7-6-10(12)14-11/h2-7H,1H3,(H2,12,13,14). The number of methoxy groups -OCH3 is 1. The molecule has 16 heavy (non-hydrogen) atoms. The van der Waals surface area contributed by atoms with E-state index < -0.39 is 0 Å². The molecule has 0 spiro atoms. The van der Waals surface area contributed by atoms with Crippen LogP contribution in [-0.2, 0) is 0 Å². The Kier molecular flexibility index (Phi) is 3.26. The van der Waals surface area contributed by atoms with Crippen molar-refractivity contribution in [3.8, 4) is 5.75 Å². The number of ether oxygens (including phenoxy) is 1. The molecular weight excluding hydrogens is 222 g/mol. The summed E-state index contributed by atoms with van der Waals surface area (Å²) in [7, 11) is 1.64. The molecule has 0 radical (unpaired) electrons. The van der Waals surface area contributed by atoms with Gasteiger partial charge in [-0.05, 0) is 42.1 Å². The summed E-state index contributed by atoms with van der Waals surface area (Å²) in [6, 6.07) is 9.37. The third kappa shape index (κ3) is 2.64. The fourth-order valence-electron chi connectivity index (χ4n) is 1.15. The van der Waals surface area contributed by atoms with Crippen molar-refractivity contribution >= 4 is 17.6 Å². The molecule has 0 aliphatic carbocycles. The van der Waals surface area contributed by atoms with Crippen LogP contribution in [0.4, 0.5) is 5.82 Å². The number of rotatable bonds is 3. The van der Waals surface area contributed by atoms with E-state index in [0.29, 0.717) is 11.0 Å². The zero-order chi connectivity index (χ0) is 11.4. The Morgan fingerprint density at radius 3 is 2.56 bits per heavy atom. The normalized spacial score (nSPS) is 10.1. The lowest BCUT2D eigenvalue weighted by atomic mass is 10.3. The Hall–Kier alpha value is -1.75. The Morgan fingerprint density at radius 1 is 1.19 bits per heavy atom. The lowest BCUT2D eigenvalue weighted by Gasteiger charge is -2.02. The van der Waals surface area contributed by atoms with Gasteiger partial charge < -0.3 is 10.5 Å². The zero-order valence-corrected chi connectivity index (χ0v) is 9.57. The van der Waals surface area contributed by atoms with Gasteiger partial charge in [-0.1, -0.05) is 0 Å². The van der Waals surface area contributed by atoms with Gasteiger partial charge in [0.1, 0.15) is 11.6 Å². The summed E-state index contributed by atoms with van der Waals surface area (Å²) in [5.74, 6) is 1.31. The largest absolute Gasteiger partial charge is 0.497 e. The second-order valence-electron chi connectivity index (χ2n) is 3.04. The van der Waals surface area contributed by atoms with Crippen LogP contribution in [0.5, 0.6) is 5.75 Å². The quantitative estimate of drug-likeness (QED) is 0.824. The minimum atomic E-state index is 0.478. The van der Waals surface area contributed by atoms with Crippen LogP contribution in [-0.4, -0.2) is 17.1 Å². The van der Waals surface area contributed by atoms with Crippen molar-refractivity contribution < 1.29 is 4.74 Å². The number of hydrogen-bond donors (Lipinski definition) is 1. The summed E-state index contributed by atoms with van der Waals surface area (Å²) in [6.45, 7) is 0. The predicted molar refractivity (Wildman–Crippen MR) is 63.6 cm³/mol. The Bertz CT molecular complexity index is 473. The van der Waals surface area contributed by atoms with Crippen LogP contribution in [0, 0.1) is 0 Å². The SMILES string of the molecule is COc1ccc(Sc2nccc(N)n2)cc1. The molecule has 0 amide bonds. The van der Waals surface area contributed by atoms with Crippen molar-refractivity contribution in [1.82, 2.24) is 9.97 Å². The Balaban J connectivity index is 2.14. The smallest absolute Gasteiger partial charge is 0.194 e. The minimum absolute atomic E-state index is 0.478. The molecule has 0 aliphatic heterocycles. The van der Waals surface area contributed by atoms with E-state index in [9.17, 15) is 0 Å². The molecule has 0 fully saturated rings. The molecule has 4 nitrogen and oxygen atoms in total. The van der Waals surface area contributed by atoms with Crippen LogP contribution < -0.4 is 10.5 Å². The van der Waals surface area contributed by atoms with Crippen molar-refractivity contribution in [3.05, 3.63) is 36.5 Å².